The van der Waals surface area contributed by atoms with Gasteiger partial charge in [-0.2, -0.15) is 5.10 Å². The fraction of sp³-hybridized carbons (Fsp3) is 0.0870. The van der Waals surface area contributed by atoms with E-state index < -0.39 is 0 Å². The van der Waals surface area contributed by atoms with Gasteiger partial charge in [0.15, 0.2) is 11.0 Å². The van der Waals surface area contributed by atoms with Crippen LogP contribution in [0.2, 0.25) is 10.0 Å². The number of nitrogens with one attached hydrogen (secondary N) is 1. The molecule has 0 unspecified atom stereocenters. The third-order valence-corrected chi connectivity index (χ3v) is 6.04. The third-order valence-electron chi connectivity index (χ3n) is 4.55. The minimum Gasteiger partial charge on any atom is -0.272 e. The molecule has 2 aromatic carbocycles. The molecule has 10 heteroatoms. The number of aromatic nitrogens is 4. The highest BCUT2D eigenvalue weighted by Gasteiger charge is 2.17. The minimum atomic E-state index is -0.287. The van der Waals surface area contributed by atoms with Gasteiger partial charge in [-0.3, -0.25) is 14.3 Å². The van der Waals surface area contributed by atoms with Crippen LogP contribution in [0.4, 0.5) is 0 Å². The van der Waals surface area contributed by atoms with Gasteiger partial charge in [-0.05, 0) is 43.3 Å². The van der Waals surface area contributed by atoms with E-state index >= 15 is 0 Å². The van der Waals surface area contributed by atoms with Gasteiger partial charge in [0, 0.05) is 34.2 Å². The summed E-state index contributed by atoms with van der Waals surface area (Å²) in [6.07, 6.45) is 4.88. The average molecular weight is 497 g/mol. The van der Waals surface area contributed by atoms with Gasteiger partial charge in [0.1, 0.15) is 0 Å². The summed E-state index contributed by atoms with van der Waals surface area (Å²) in [5.41, 5.74) is 6.06. The normalized spacial score (nSPS) is 11.1. The Balaban J connectivity index is 1.49. The molecule has 1 N–H and O–H groups in total. The number of hydrogen-bond acceptors (Lipinski definition) is 6. The first-order valence-corrected chi connectivity index (χ1v) is 11.6. The Hall–Kier alpha value is -3.20. The summed E-state index contributed by atoms with van der Waals surface area (Å²) >= 11 is 13.3. The van der Waals surface area contributed by atoms with Crippen molar-refractivity contribution in [3.63, 3.8) is 0 Å². The second-order valence-electron chi connectivity index (χ2n) is 6.96. The standard InChI is InChI=1S/C23H18Cl2N6OS/c1-15-2-6-19(7-3-15)31-22(16-8-10-26-11-9-16)29-30-23(31)33-14-21(32)28-27-13-17-4-5-18(24)12-20(17)25/h2-13H,14H2,1H3,(H,28,32)/b27-13+. The number of pyridine rings is 1. The molecule has 0 bridgehead atoms. The first-order valence-electron chi connectivity index (χ1n) is 9.84. The van der Waals surface area contributed by atoms with Gasteiger partial charge in [0.2, 0.25) is 0 Å². The predicted molar refractivity (Wildman–Crippen MR) is 132 cm³/mol. The number of thioether (sulfide) groups is 1. The van der Waals surface area contributed by atoms with Crippen LogP contribution in [0.1, 0.15) is 11.1 Å². The average Bonchev–Trinajstić information content (AvgIpc) is 3.24. The summed E-state index contributed by atoms with van der Waals surface area (Å²) in [7, 11) is 0. The van der Waals surface area contributed by atoms with Crippen LogP contribution in [0.5, 0.6) is 0 Å². The molecule has 0 spiro atoms. The highest BCUT2D eigenvalue weighted by molar-refractivity contribution is 7.99. The molecule has 4 aromatic rings. The number of benzene rings is 2. The zero-order valence-electron chi connectivity index (χ0n) is 17.4. The van der Waals surface area contributed by atoms with E-state index in [0.29, 0.717) is 26.6 Å². The maximum atomic E-state index is 12.3. The molecule has 0 aliphatic carbocycles. The number of carbonyl (C=O) groups is 1. The van der Waals surface area contributed by atoms with Crippen LogP contribution in [-0.4, -0.2) is 37.6 Å². The van der Waals surface area contributed by atoms with E-state index in [0.717, 1.165) is 16.8 Å². The highest BCUT2D eigenvalue weighted by Crippen LogP contribution is 2.28. The molecule has 1 amide bonds. The van der Waals surface area contributed by atoms with Crippen LogP contribution in [0.25, 0.3) is 17.1 Å². The Morgan fingerprint density at radius 2 is 1.85 bits per heavy atom. The van der Waals surface area contributed by atoms with Crippen molar-refractivity contribution in [3.8, 4) is 17.1 Å². The first-order chi connectivity index (χ1) is 16.0. The Morgan fingerprint density at radius 3 is 2.58 bits per heavy atom. The predicted octanol–water partition coefficient (Wildman–Crippen LogP) is 5.19. The molecular formula is C23H18Cl2N6OS. The number of hydrazone groups is 1. The monoisotopic (exact) mass is 496 g/mol. The molecule has 0 fully saturated rings. The van der Waals surface area contributed by atoms with Gasteiger partial charge in [0.25, 0.3) is 5.91 Å². The fourth-order valence-corrected chi connectivity index (χ4v) is 4.12. The number of aryl methyl sites for hydroxylation is 1. The van der Waals surface area contributed by atoms with Crippen molar-refractivity contribution >= 4 is 47.1 Å². The number of amides is 1. The maximum Gasteiger partial charge on any atom is 0.250 e. The van der Waals surface area contributed by atoms with E-state index in [9.17, 15) is 4.79 Å². The number of rotatable bonds is 7. The van der Waals surface area contributed by atoms with Crippen molar-refractivity contribution in [2.75, 3.05) is 5.75 Å². The van der Waals surface area contributed by atoms with E-state index in [1.807, 2.05) is 47.9 Å². The molecule has 0 aliphatic rings. The molecule has 0 atom stereocenters. The fourth-order valence-electron chi connectivity index (χ4n) is 2.92. The van der Waals surface area contributed by atoms with Crippen molar-refractivity contribution < 1.29 is 4.79 Å². The molecular weight excluding hydrogens is 479 g/mol. The summed E-state index contributed by atoms with van der Waals surface area (Å²) in [4.78, 5) is 16.4. The Kier molecular flexibility index (Phi) is 7.39. The lowest BCUT2D eigenvalue weighted by Crippen LogP contribution is -2.20. The van der Waals surface area contributed by atoms with Gasteiger partial charge in [-0.1, -0.05) is 58.7 Å². The zero-order chi connectivity index (χ0) is 23.2. The quantitative estimate of drug-likeness (QED) is 0.216. The van der Waals surface area contributed by atoms with Gasteiger partial charge in [0.05, 0.1) is 17.0 Å². The summed E-state index contributed by atoms with van der Waals surface area (Å²) in [5, 5.41) is 14.2. The molecule has 4 rings (SSSR count). The van der Waals surface area contributed by atoms with Crippen LogP contribution in [0.15, 0.2) is 77.2 Å². The number of carbonyl (C=O) groups excluding carboxylic acids is 1. The molecule has 2 heterocycles. The maximum absolute atomic E-state index is 12.3. The topological polar surface area (TPSA) is 85.1 Å². The van der Waals surface area contributed by atoms with Crippen LogP contribution in [0, 0.1) is 6.92 Å². The summed E-state index contributed by atoms with van der Waals surface area (Å²) in [6, 6.07) is 16.8. The lowest BCUT2D eigenvalue weighted by atomic mass is 10.2. The SMILES string of the molecule is Cc1ccc(-n2c(SCC(=O)N/N=C/c3ccc(Cl)cc3Cl)nnc2-c2ccncc2)cc1. The first kappa shape index (κ1) is 23.0. The summed E-state index contributed by atoms with van der Waals surface area (Å²) in [5.74, 6) is 0.483. The Morgan fingerprint density at radius 1 is 1.09 bits per heavy atom. The second kappa shape index (κ2) is 10.6. The molecule has 7 nitrogen and oxygen atoms in total. The van der Waals surface area contributed by atoms with Crippen molar-refractivity contribution in [1.29, 1.82) is 0 Å². The van der Waals surface area contributed by atoms with E-state index in [4.69, 9.17) is 23.2 Å². The Bertz CT molecular complexity index is 1290. The van der Waals surface area contributed by atoms with Crippen molar-refractivity contribution in [1.82, 2.24) is 25.2 Å². The molecule has 0 radical (unpaired) electrons. The number of hydrogen-bond donors (Lipinski definition) is 1. The minimum absolute atomic E-state index is 0.103. The van der Waals surface area contributed by atoms with Gasteiger partial charge in [-0.25, -0.2) is 5.43 Å². The Labute approximate surface area is 204 Å². The van der Waals surface area contributed by atoms with E-state index in [1.54, 1.807) is 30.6 Å². The third kappa shape index (κ3) is 5.78. The van der Waals surface area contributed by atoms with Crippen molar-refractivity contribution in [3.05, 3.63) is 88.2 Å². The molecule has 0 aliphatic heterocycles. The summed E-state index contributed by atoms with van der Waals surface area (Å²) < 4.78 is 1.92. The van der Waals surface area contributed by atoms with Gasteiger partial charge >= 0.3 is 0 Å². The largest absolute Gasteiger partial charge is 0.272 e. The number of nitrogens with zero attached hydrogens (tertiary/aromatic N) is 5. The smallest absolute Gasteiger partial charge is 0.250 e. The lowest BCUT2D eigenvalue weighted by molar-refractivity contribution is -0.118. The zero-order valence-corrected chi connectivity index (χ0v) is 19.8. The van der Waals surface area contributed by atoms with Crippen molar-refractivity contribution in [2.45, 2.75) is 12.1 Å². The lowest BCUT2D eigenvalue weighted by Gasteiger charge is -2.10. The van der Waals surface area contributed by atoms with E-state index in [2.05, 4.69) is 25.7 Å². The van der Waals surface area contributed by atoms with Crippen LogP contribution in [-0.2, 0) is 4.79 Å². The molecule has 166 valence electrons. The van der Waals surface area contributed by atoms with Crippen LogP contribution >= 0.6 is 35.0 Å². The van der Waals surface area contributed by atoms with Gasteiger partial charge in [-0.15, -0.1) is 10.2 Å². The second-order valence-corrected chi connectivity index (χ2v) is 8.75. The molecule has 0 saturated heterocycles. The van der Waals surface area contributed by atoms with Crippen LogP contribution in [0.3, 0.4) is 0 Å². The molecule has 33 heavy (non-hydrogen) atoms. The van der Waals surface area contributed by atoms with E-state index in [1.165, 1.54) is 18.0 Å². The molecule has 0 saturated carbocycles. The molecule has 2 aromatic heterocycles. The van der Waals surface area contributed by atoms with Crippen LogP contribution < -0.4 is 5.43 Å². The summed E-state index contributed by atoms with van der Waals surface area (Å²) in [6.45, 7) is 2.03. The van der Waals surface area contributed by atoms with Crippen molar-refractivity contribution in [2.24, 2.45) is 5.10 Å². The highest BCUT2D eigenvalue weighted by atomic mass is 35.5. The van der Waals surface area contributed by atoms with Gasteiger partial charge < -0.3 is 0 Å². The number of halogens is 2. The van der Waals surface area contributed by atoms with E-state index in [-0.39, 0.29) is 11.7 Å².